The number of hydrogen-bond acceptors (Lipinski definition) is 2. The molecule has 0 radical (unpaired) electrons. The maximum Gasteiger partial charge on any atom is 0.338 e. The largest absolute Gasteiger partial charge is 0.462 e. The van der Waals surface area contributed by atoms with Gasteiger partial charge in [0.2, 0.25) is 0 Å². The van der Waals surface area contributed by atoms with E-state index < -0.39 is 11.8 Å². The molecule has 0 fully saturated rings. The molecule has 0 saturated carbocycles. The van der Waals surface area contributed by atoms with Crippen LogP contribution in [0.2, 0.25) is 0 Å². The fourth-order valence-corrected chi connectivity index (χ4v) is 1.28. The molecule has 0 atom stereocenters. The van der Waals surface area contributed by atoms with Crippen molar-refractivity contribution in [1.82, 2.24) is 0 Å². The molecule has 0 bridgehead atoms. The van der Waals surface area contributed by atoms with Crippen LogP contribution in [0, 0.1) is 36.4 Å². The highest BCUT2D eigenvalue weighted by atomic mass is 19.1. The topological polar surface area (TPSA) is 26.3 Å². The van der Waals surface area contributed by atoms with Gasteiger partial charge in [-0.15, -0.1) is 12.8 Å². The van der Waals surface area contributed by atoms with E-state index in [-0.39, 0.29) is 29.2 Å². The molecular formula is C15H13FO2. The minimum Gasteiger partial charge on any atom is -0.462 e. The van der Waals surface area contributed by atoms with Gasteiger partial charge in [-0.2, -0.15) is 0 Å². The van der Waals surface area contributed by atoms with E-state index in [0.717, 1.165) is 0 Å². The van der Waals surface area contributed by atoms with E-state index in [1.54, 1.807) is 0 Å². The molecule has 1 aromatic carbocycles. The summed E-state index contributed by atoms with van der Waals surface area (Å²) in [5, 5.41) is 0. The third kappa shape index (κ3) is 3.12. The van der Waals surface area contributed by atoms with E-state index in [1.165, 1.54) is 12.1 Å². The number of esters is 1. The predicted octanol–water partition coefficient (Wildman–Crippen LogP) is 2.60. The molecule has 0 saturated heterocycles. The first-order valence-corrected chi connectivity index (χ1v) is 5.43. The molecule has 0 N–H and O–H groups in total. The Kier molecular flexibility index (Phi) is 4.52. The summed E-state index contributed by atoms with van der Waals surface area (Å²) in [6.45, 7) is 4.11. The second-order valence-corrected chi connectivity index (χ2v) is 4.17. The van der Waals surface area contributed by atoms with E-state index in [0.29, 0.717) is 0 Å². The molecule has 1 rings (SSSR count). The quantitative estimate of drug-likeness (QED) is 0.603. The first-order chi connectivity index (χ1) is 8.49. The first kappa shape index (κ1) is 13.8. The Hall–Kier alpha value is -2.26. The summed E-state index contributed by atoms with van der Waals surface area (Å²) < 4.78 is 18.6. The van der Waals surface area contributed by atoms with Gasteiger partial charge in [-0.3, -0.25) is 0 Å². The van der Waals surface area contributed by atoms with Crippen LogP contribution in [0.4, 0.5) is 4.39 Å². The Morgan fingerprint density at radius 2 is 1.83 bits per heavy atom. The van der Waals surface area contributed by atoms with Gasteiger partial charge in [-0.1, -0.05) is 25.7 Å². The fraction of sp³-hybridized carbons (Fsp3) is 0.267. The molecule has 0 aliphatic carbocycles. The lowest BCUT2D eigenvalue weighted by Crippen LogP contribution is -2.11. The summed E-state index contributed by atoms with van der Waals surface area (Å²) in [5.41, 5.74) is 0.0850. The number of carbonyl (C=O) groups excluding carboxylic acids is 1. The van der Waals surface area contributed by atoms with E-state index >= 15 is 0 Å². The van der Waals surface area contributed by atoms with Crippen LogP contribution < -0.4 is 0 Å². The van der Waals surface area contributed by atoms with Gasteiger partial charge in [-0.05, 0) is 18.1 Å². The van der Waals surface area contributed by atoms with Gasteiger partial charge in [0.1, 0.15) is 0 Å². The smallest absolute Gasteiger partial charge is 0.338 e. The number of hydrogen-bond donors (Lipinski definition) is 0. The summed E-state index contributed by atoms with van der Waals surface area (Å²) in [5.74, 6) is 3.29. The van der Waals surface area contributed by atoms with E-state index in [4.69, 9.17) is 17.6 Å². The maximum atomic E-state index is 13.6. The molecule has 2 nitrogen and oxygen atoms in total. The molecule has 0 aromatic heterocycles. The second-order valence-electron chi connectivity index (χ2n) is 4.17. The molecule has 0 heterocycles. The number of carbonyl (C=O) groups is 1. The third-order valence-electron chi connectivity index (χ3n) is 2.17. The maximum absolute atomic E-state index is 13.6. The highest BCUT2D eigenvalue weighted by molar-refractivity contribution is 5.90. The third-order valence-corrected chi connectivity index (χ3v) is 2.17. The van der Waals surface area contributed by atoms with Crippen LogP contribution in [-0.2, 0) is 4.74 Å². The van der Waals surface area contributed by atoms with Crippen molar-refractivity contribution < 1.29 is 13.9 Å². The predicted molar refractivity (Wildman–Crippen MR) is 67.4 cm³/mol. The van der Waals surface area contributed by atoms with Crippen LogP contribution in [0.15, 0.2) is 12.1 Å². The summed E-state index contributed by atoms with van der Waals surface area (Å²) in [7, 11) is 0. The van der Waals surface area contributed by atoms with Crippen LogP contribution in [0.1, 0.15) is 35.3 Å². The van der Waals surface area contributed by atoms with Crippen molar-refractivity contribution in [2.24, 2.45) is 5.92 Å². The Morgan fingerprint density at radius 1 is 1.33 bits per heavy atom. The van der Waals surface area contributed by atoms with Crippen molar-refractivity contribution >= 4 is 5.97 Å². The van der Waals surface area contributed by atoms with E-state index in [2.05, 4.69) is 11.8 Å². The highest BCUT2D eigenvalue weighted by Crippen LogP contribution is 2.16. The van der Waals surface area contributed by atoms with Crippen molar-refractivity contribution in [3.63, 3.8) is 0 Å². The molecule has 0 spiro atoms. The molecule has 3 heteroatoms. The summed E-state index contributed by atoms with van der Waals surface area (Å²) in [4.78, 5) is 11.7. The molecule has 1 aromatic rings. The van der Waals surface area contributed by atoms with Crippen LogP contribution in [0.3, 0.4) is 0 Å². The van der Waals surface area contributed by atoms with Gasteiger partial charge in [0.05, 0.1) is 23.3 Å². The Bertz CT molecular complexity index is 510. The number of ether oxygens (including phenoxy) is 1. The van der Waals surface area contributed by atoms with Crippen LogP contribution in [0.25, 0.3) is 0 Å². The lowest BCUT2D eigenvalue weighted by atomic mass is 10.1. The van der Waals surface area contributed by atoms with Crippen molar-refractivity contribution in [2.75, 3.05) is 6.61 Å². The van der Waals surface area contributed by atoms with Gasteiger partial charge in [0, 0.05) is 0 Å². The van der Waals surface area contributed by atoms with Gasteiger partial charge in [0.25, 0.3) is 0 Å². The fourth-order valence-electron chi connectivity index (χ4n) is 1.28. The normalized spacial score (nSPS) is 9.67. The number of rotatable bonds is 3. The summed E-state index contributed by atoms with van der Waals surface area (Å²) >= 11 is 0. The van der Waals surface area contributed by atoms with Gasteiger partial charge in [0.15, 0.2) is 5.82 Å². The molecule has 18 heavy (non-hydrogen) atoms. The van der Waals surface area contributed by atoms with Crippen LogP contribution in [0.5, 0.6) is 0 Å². The molecule has 0 unspecified atom stereocenters. The second kappa shape index (κ2) is 5.89. The molecule has 0 amide bonds. The van der Waals surface area contributed by atoms with Gasteiger partial charge < -0.3 is 4.74 Å². The molecule has 0 aliphatic rings. The zero-order chi connectivity index (χ0) is 13.7. The van der Waals surface area contributed by atoms with Gasteiger partial charge >= 0.3 is 5.97 Å². The highest BCUT2D eigenvalue weighted by Gasteiger charge is 2.14. The zero-order valence-corrected chi connectivity index (χ0v) is 10.3. The zero-order valence-electron chi connectivity index (χ0n) is 10.3. The minimum absolute atomic E-state index is 0.0399. The first-order valence-electron chi connectivity index (χ1n) is 5.43. The molecule has 0 aliphatic heterocycles. The van der Waals surface area contributed by atoms with Crippen molar-refractivity contribution in [3.05, 3.63) is 34.6 Å². The van der Waals surface area contributed by atoms with Gasteiger partial charge in [-0.25, -0.2) is 9.18 Å². The standard InChI is InChI=1S/C15H13FO2/c1-5-11-7-13(8-12(6-2)14(11)16)15(17)18-9-10(3)4/h1-2,7-8,10H,9H2,3-4H3. The lowest BCUT2D eigenvalue weighted by molar-refractivity contribution is 0.0459. The number of benzene rings is 1. The molecule has 92 valence electrons. The van der Waals surface area contributed by atoms with Crippen molar-refractivity contribution in [1.29, 1.82) is 0 Å². The van der Waals surface area contributed by atoms with Crippen molar-refractivity contribution in [2.45, 2.75) is 13.8 Å². The Morgan fingerprint density at radius 3 is 2.22 bits per heavy atom. The SMILES string of the molecule is C#Cc1cc(C(=O)OCC(C)C)cc(C#C)c1F. The minimum atomic E-state index is -0.666. The van der Waals surface area contributed by atoms with Crippen molar-refractivity contribution in [3.8, 4) is 24.7 Å². The monoisotopic (exact) mass is 244 g/mol. The Balaban J connectivity index is 3.08. The number of halogens is 1. The van der Waals surface area contributed by atoms with E-state index in [1.807, 2.05) is 13.8 Å². The summed E-state index contributed by atoms with van der Waals surface area (Å²) in [6, 6.07) is 2.53. The lowest BCUT2D eigenvalue weighted by Gasteiger charge is -2.08. The average molecular weight is 244 g/mol. The molecular weight excluding hydrogens is 231 g/mol. The van der Waals surface area contributed by atoms with Crippen LogP contribution >= 0.6 is 0 Å². The Labute approximate surface area is 106 Å². The van der Waals surface area contributed by atoms with E-state index in [9.17, 15) is 9.18 Å². The van der Waals surface area contributed by atoms with Crippen LogP contribution in [-0.4, -0.2) is 12.6 Å². The summed E-state index contributed by atoms with van der Waals surface area (Å²) in [6.07, 6.45) is 10.3. The average Bonchev–Trinajstić information content (AvgIpc) is 2.36. The number of terminal acetylenes is 2.